The molecule has 3 rings (SSSR count). The van der Waals surface area contributed by atoms with Crippen LogP contribution in [0.3, 0.4) is 0 Å². The van der Waals surface area contributed by atoms with Crippen molar-refractivity contribution in [1.29, 1.82) is 0 Å². The number of methoxy groups -OCH3 is 1. The number of halogens is 1. The number of amides is 2. The third-order valence-electron chi connectivity index (χ3n) is 3.96. The van der Waals surface area contributed by atoms with Gasteiger partial charge in [0.1, 0.15) is 5.70 Å². The number of carbonyl (C=O) groups excluding carboxylic acids is 2. The summed E-state index contributed by atoms with van der Waals surface area (Å²) in [5.74, 6) is -1.28. The first kappa shape index (κ1) is 17.6. The van der Waals surface area contributed by atoms with Crippen molar-refractivity contribution in [2.45, 2.75) is 0 Å². The van der Waals surface area contributed by atoms with Crippen LogP contribution < -0.4 is 10.1 Å². The topological polar surface area (TPSA) is 78.9 Å². The highest BCUT2D eigenvalue weighted by Gasteiger charge is 2.30. The monoisotopic (exact) mass is 356 g/mol. The molecule has 7 heteroatoms. The lowest BCUT2D eigenvalue weighted by atomic mass is 10.0. The molecule has 2 aromatic carbocycles. The number of nitrogens with one attached hydrogen (secondary N) is 1. The first-order valence-corrected chi connectivity index (χ1v) is 7.93. The minimum Gasteiger partial charge on any atom is -0.494 e. The first-order valence-electron chi connectivity index (χ1n) is 7.93. The Bertz CT molecular complexity index is 895. The fourth-order valence-corrected chi connectivity index (χ4v) is 2.69. The van der Waals surface area contributed by atoms with Crippen LogP contribution in [-0.4, -0.2) is 42.1 Å². The number of hydrogen-bond donors (Lipinski definition) is 2. The highest BCUT2D eigenvalue weighted by atomic mass is 19.1. The molecule has 134 valence electrons. The fraction of sp³-hybridized carbons (Fsp3) is 0.158. The van der Waals surface area contributed by atoms with Gasteiger partial charge in [-0.3, -0.25) is 14.5 Å². The number of anilines is 1. The summed E-state index contributed by atoms with van der Waals surface area (Å²) in [5, 5.41) is 11.8. The average Bonchev–Trinajstić information content (AvgIpc) is 2.89. The molecule has 0 aromatic heterocycles. The highest BCUT2D eigenvalue weighted by molar-refractivity contribution is 6.17. The van der Waals surface area contributed by atoms with Gasteiger partial charge in [0.05, 0.1) is 20.3 Å². The van der Waals surface area contributed by atoms with E-state index in [0.29, 0.717) is 11.3 Å². The summed E-state index contributed by atoms with van der Waals surface area (Å²) < 4.78 is 18.8. The van der Waals surface area contributed by atoms with Gasteiger partial charge in [-0.25, -0.2) is 4.39 Å². The van der Waals surface area contributed by atoms with Crippen LogP contribution in [-0.2, 0) is 9.59 Å². The summed E-state index contributed by atoms with van der Waals surface area (Å²) in [6, 6.07) is 11.7. The number of rotatable bonds is 6. The van der Waals surface area contributed by atoms with Crippen molar-refractivity contribution in [3.05, 3.63) is 60.1 Å². The van der Waals surface area contributed by atoms with Crippen LogP contribution in [0.1, 0.15) is 0 Å². The molecular formula is C19H17FN2O4. The molecule has 1 aliphatic rings. The van der Waals surface area contributed by atoms with Crippen LogP contribution in [0.15, 0.2) is 54.2 Å². The van der Waals surface area contributed by atoms with Crippen molar-refractivity contribution in [2.24, 2.45) is 0 Å². The van der Waals surface area contributed by atoms with E-state index in [0.717, 1.165) is 10.5 Å². The second-order valence-electron chi connectivity index (χ2n) is 5.63. The summed E-state index contributed by atoms with van der Waals surface area (Å²) in [6.07, 6.45) is 1.19. The van der Waals surface area contributed by atoms with E-state index >= 15 is 0 Å². The van der Waals surface area contributed by atoms with Crippen molar-refractivity contribution in [3.63, 3.8) is 0 Å². The molecule has 2 amide bonds. The number of aliphatic hydroxyl groups is 1. The summed E-state index contributed by atoms with van der Waals surface area (Å²) in [6.45, 7) is -0.346. The van der Waals surface area contributed by atoms with E-state index in [1.54, 1.807) is 36.4 Å². The summed E-state index contributed by atoms with van der Waals surface area (Å²) in [5.41, 5.74) is 2.09. The number of aliphatic hydroxyl groups excluding tert-OH is 1. The molecule has 0 radical (unpaired) electrons. The lowest BCUT2D eigenvalue weighted by Crippen LogP contribution is -2.34. The Morgan fingerprint density at radius 3 is 2.62 bits per heavy atom. The maximum Gasteiger partial charge on any atom is 0.277 e. The van der Waals surface area contributed by atoms with Gasteiger partial charge in [-0.15, -0.1) is 0 Å². The molecular weight excluding hydrogens is 339 g/mol. The largest absolute Gasteiger partial charge is 0.494 e. The third kappa shape index (κ3) is 3.43. The molecule has 0 saturated carbocycles. The number of carbonyl (C=O) groups is 2. The summed E-state index contributed by atoms with van der Waals surface area (Å²) >= 11 is 0. The van der Waals surface area contributed by atoms with Gasteiger partial charge in [0, 0.05) is 11.8 Å². The van der Waals surface area contributed by atoms with Crippen LogP contribution in [0.2, 0.25) is 0 Å². The van der Waals surface area contributed by atoms with E-state index in [1.807, 2.05) is 0 Å². The average molecular weight is 356 g/mol. The lowest BCUT2D eigenvalue weighted by Gasteiger charge is -2.14. The number of imide groups is 1. The molecule has 2 N–H and O–H groups in total. The Labute approximate surface area is 149 Å². The first-order chi connectivity index (χ1) is 12.5. The molecule has 1 aliphatic heterocycles. The molecule has 6 nitrogen and oxygen atoms in total. The van der Waals surface area contributed by atoms with Crippen molar-refractivity contribution in [2.75, 3.05) is 25.6 Å². The molecule has 0 spiro atoms. The van der Waals surface area contributed by atoms with Gasteiger partial charge >= 0.3 is 0 Å². The van der Waals surface area contributed by atoms with Crippen molar-refractivity contribution >= 4 is 17.5 Å². The zero-order chi connectivity index (χ0) is 18.7. The normalized spacial score (nSPS) is 13.8. The third-order valence-corrected chi connectivity index (χ3v) is 3.96. The highest BCUT2D eigenvalue weighted by Crippen LogP contribution is 2.28. The SMILES string of the molecule is COc1ccc(-c2cccc(NC3=CC(=O)N(CCO)C3=O)c2)cc1F. The van der Waals surface area contributed by atoms with Crippen LogP contribution in [0.25, 0.3) is 11.1 Å². The van der Waals surface area contributed by atoms with Gasteiger partial charge in [0.25, 0.3) is 11.8 Å². The smallest absolute Gasteiger partial charge is 0.277 e. The van der Waals surface area contributed by atoms with E-state index in [1.165, 1.54) is 19.3 Å². The Kier molecular flexibility index (Phi) is 4.99. The second-order valence-corrected chi connectivity index (χ2v) is 5.63. The van der Waals surface area contributed by atoms with Gasteiger partial charge in [0.15, 0.2) is 11.6 Å². The van der Waals surface area contributed by atoms with Gasteiger partial charge in [-0.05, 0) is 35.4 Å². The van der Waals surface area contributed by atoms with E-state index in [9.17, 15) is 14.0 Å². The molecule has 0 saturated heterocycles. The molecule has 0 bridgehead atoms. The maximum atomic E-state index is 13.9. The Morgan fingerprint density at radius 2 is 1.92 bits per heavy atom. The van der Waals surface area contributed by atoms with Crippen LogP contribution in [0, 0.1) is 5.82 Å². The van der Waals surface area contributed by atoms with E-state index in [-0.39, 0.29) is 24.6 Å². The Morgan fingerprint density at radius 1 is 1.15 bits per heavy atom. The zero-order valence-electron chi connectivity index (χ0n) is 14.0. The number of nitrogens with zero attached hydrogens (tertiary/aromatic N) is 1. The number of β-amino-alcohol motifs (C(OH)–C–C–N with tert-alkyl or cyclic N) is 1. The fourth-order valence-electron chi connectivity index (χ4n) is 2.69. The van der Waals surface area contributed by atoms with E-state index in [4.69, 9.17) is 9.84 Å². The molecule has 1 heterocycles. The minimum absolute atomic E-state index is 0.0511. The van der Waals surface area contributed by atoms with Crippen molar-refractivity contribution < 1.29 is 23.8 Å². The van der Waals surface area contributed by atoms with Gasteiger partial charge < -0.3 is 15.2 Å². The van der Waals surface area contributed by atoms with Crippen LogP contribution in [0.4, 0.5) is 10.1 Å². The van der Waals surface area contributed by atoms with Crippen LogP contribution in [0.5, 0.6) is 5.75 Å². The summed E-state index contributed by atoms with van der Waals surface area (Å²) in [7, 11) is 1.40. The lowest BCUT2D eigenvalue weighted by molar-refractivity contribution is -0.137. The Balaban J connectivity index is 1.82. The zero-order valence-corrected chi connectivity index (χ0v) is 14.0. The second kappa shape index (κ2) is 7.37. The molecule has 0 fully saturated rings. The summed E-state index contributed by atoms with van der Waals surface area (Å²) in [4.78, 5) is 24.9. The number of hydrogen-bond acceptors (Lipinski definition) is 5. The maximum absolute atomic E-state index is 13.9. The Hall–Kier alpha value is -3.19. The van der Waals surface area contributed by atoms with E-state index in [2.05, 4.69) is 5.32 Å². The van der Waals surface area contributed by atoms with Gasteiger partial charge in [0.2, 0.25) is 0 Å². The molecule has 0 aliphatic carbocycles. The predicted molar refractivity (Wildman–Crippen MR) is 93.9 cm³/mol. The minimum atomic E-state index is -0.495. The standard InChI is InChI=1S/C19H17FN2O4/c1-26-17-6-5-13(10-15(17)20)12-3-2-4-14(9-12)21-16-11-18(24)22(7-8-23)19(16)25/h2-6,9-11,21,23H,7-8H2,1H3. The van der Waals surface area contributed by atoms with Crippen molar-refractivity contribution in [1.82, 2.24) is 4.90 Å². The number of benzene rings is 2. The van der Waals surface area contributed by atoms with Gasteiger partial charge in [-0.1, -0.05) is 18.2 Å². The number of ether oxygens (including phenoxy) is 1. The molecule has 2 aromatic rings. The quantitative estimate of drug-likeness (QED) is 0.776. The van der Waals surface area contributed by atoms with Crippen molar-refractivity contribution in [3.8, 4) is 16.9 Å². The van der Waals surface area contributed by atoms with Crippen LogP contribution >= 0.6 is 0 Å². The molecule has 26 heavy (non-hydrogen) atoms. The van der Waals surface area contributed by atoms with Gasteiger partial charge in [-0.2, -0.15) is 0 Å². The molecule has 0 atom stereocenters. The van der Waals surface area contributed by atoms with E-state index < -0.39 is 17.6 Å². The molecule has 0 unspecified atom stereocenters. The predicted octanol–water partition coefficient (Wildman–Crippen LogP) is 2.16.